The molecule has 0 spiro atoms. The average molecular weight is 306 g/mol. The maximum absolute atomic E-state index is 11.7. The van der Waals surface area contributed by atoms with Gasteiger partial charge in [0.05, 0.1) is 0 Å². The van der Waals surface area contributed by atoms with Gasteiger partial charge in [0, 0.05) is 11.1 Å². The maximum atomic E-state index is 11.7. The summed E-state index contributed by atoms with van der Waals surface area (Å²) in [6.07, 6.45) is 0.461. The number of halogens is 1. The van der Waals surface area contributed by atoms with Crippen LogP contribution in [0.3, 0.4) is 0 Å². The lowest BCUT2D eigenvalue weighted by Crippen LogP contribution is -2.42. The number of carboxylic acids is 1. The van der Waals surface area contributed by atoms with Crippen LogP contribution < -0.4 is 4.72 Å². The van der Waals surface area contributed by atoms with E-state index in [0.717, 1.165) is 12.5 Å². The monoisotopic (exact) mass is 305 g/mol. The highest BCUT2D eigenvalue weighted by Gasteiger charge is 2.28. The molecule has 2 N–H and O–H groups in total. The van der Waals surface area contributed by atoms with Crippen molar-refractivity contribution in [2.24, 2.45) is 0 Å². The molecule has 1 aromatic carbocycles. The van der Waals surface area contributed by atoms with Crippen LogP contribution in [0.25, 0.3) is 0 Å². The van der Waals surface area contributed by atoms with Crippen molar-refractivity contribution < 1.29 is 18.3 Å². The Morgan fingerprint density at radius 1 is 1.32 bits per heavy atom. The number of nitrogens with one attached hydrogen (secondary N) is 1. The Bertz CT molecular complexity index is 541. The van der Waals surface area contributed by atoms with E-state index in [9.17, 15) is 13.2 Å². The first-order valence-electron chi connectivity index (χ1n) is 5.71. The normalized spacial score (nSPS) is 14.9. The van der Waals surface area contributed by atoms with E-state index >= 15 is 0 Å². The summed E-state index contributed by atoms with van der Waals surface area (Å²) in [5, 5.41) is 7.85. The number of aliphatic carboxylic acids is 1. The van der Waals surface area contributed by atoms with Gasteiger partial charge in [-0.25, -0.2) is 13.1 Å². The molecule has 0 bridgehead atoms. The molecule has 0 aliphatic heterocycles. The van der Waals surface area contributed by atoms with Crippen molar-refractivity contribution in [3.05, 3.63) is 34.9 Å². The molecular formula is C12H16ClNO4S. The van der Waals surface area contributed by atoms with Crippen LogP contribution in [0.2, 0.25) is 5.02 Å². The Balaban J connectivity index is 2.67. The molecule has 19 heavy (non-hydrogen) atoms. The van der Waals surface area contributed by atoms with Gasteiger partial charge < -0.3 is 5.11 Å². The number of hydrogen-bond donors (Lipinski definition) is 2. The molecule has 5 nitrogen and oxygen atoms in total. The predicted octanol–water partition coefficient (Wildman–Crippen LogP) is 1.66. The molecule has 7 heteroatoms. The highest BCUT2D eigenvalue weighted by molar-refractivity contribution is 7.90. The third-order valence-corrected chi connectivity index (χ3v) is 4.75. The van der Waals surface area contributed by atoms with Crippen LogP contribution in [0.15, 0.2) is 24.3 Å². The first kappa shape index (κ1) is 15.9. The summed E-state index contributed by atoms with van der Waals surface area (Å²) in [6, 6.07) is 6.64. The number of benzene rings is 1. The Kier molecular flexibility index (Phi) is 5.34. The zero-order chi connectivity index (χ0) is 14.6. The van der Waals surface area contributed by atoms with Gasteiger partial charge in [-0.05, 0) is 38.0 Å². The van der Waals surface area contributed by atoms with E-state index < -0.39 is 27.3 Å². The highest BCUT2D eigenvalue weighted by Crippen LogP contribution is 2.11. The molecule has 2 unspecified atom stereocenters. The standard InChI is InChI=1S/C12H16ClNO4S/c1-8(7-10-3-5-11(13)6-4-10)14-19(17,18)9(2)12(15)16/h3-6,8-9,14H,7H2,1-2H3,(H,15,16). The molecule has 0 saturated carbocycles. The molecule has 0 aliphatic rings. The molecule has 0 aromatic heterocycles. The number of sulfonamides is 1. The topological polar surface area (TPSA) is 83.5 Å². The van der Waals surface area contributed by atoms with Crippen LogP contribution >= 0.6 is 11.6 Å². The van der Waals surface area contributed by atoms with Crippen LogP contribution in [0, 0.1) is 0 Å². The zero-order valence-corrected chi connectivity index (χ0v) is 12.2. The minimum Gasteiger partial charge on any atom is -0.480 e. The molecular weight excluding hydrogens is 290 g/mol. The van der Waals surface area contributed by atoms with Crippen molar-refractivity contribution in [3.8, 4) is 0 Å². The molecule has 2 atom stereocenters. The van der Waals surface area contributed by atoms with Crippen LogP contribution in [0.4, 0.5) is 0 Å². The fraction of sp³-hybridized carbons (Fsp3) is 0.417. The van der Waals surface area contributed by atoms with Gasteiger partial charge in [-0.15, -0.1) is 0 Å². The summed E-state index contributed by atoms with van der Waals surface area (Å²) >= 11 is 5.75. The summed E-state index contributed by atoms with van der Waals surface area (Å²) < 4.78 is 25.8. The van der Waals surface area contributed by atoms with E-state index in [2.05, 4.69) is 4.72 Å². The maximum Gasteiger partial charge on any atom is 0.323 e. The smallest absolute Gasteiger partial charge is 0.323 e. The first-order chi connectivity index (χ1) is 8.72. The summed E-state index contributed by atoms with van der Waals surface area (Å²) in [7, 11) is -3.86. The van der Waals surface area contributed by atoms with Crippen LogP contribution in [0.5, 0.6) is 0 Å². The van der Waals surface area contributed by atoms with Gasteiger partial charge in [-0.2, -0.15) is 0 Å². The summed E-state index contributed by atoms with van der Waals surface area (Å²) in [6.45, 7) is 2.82. The minimum absolute atomic E-state index is 0.395. The van der Waals surface area contributed by atoms with Crippen molar-refractivity contribution in [1.29, 1.82) is 0 Å². The molecule has 106 valence electrons. The zero-order valence-electron chi connectivity index (χ0n) is 10.6. The van der Waals surface area contributed by atoms with E-state index in [4.69, 9.17) is 16.7 Å². The van der Waals surface area contributed by atoms with Crippen molar-refractivity contribution in [2.75, 3.05) is 0 Å². The van der Waals surface area contributed by atoms with E-state index in [1.54, 1.807) is 31.2 Å². The fourth-order valence-corrected chi connectivity index (χ4v) is 2.77. The molecule has 0 aliphatic carbocycles. The highest BCUT2D eigenvalue weighted by atomic mass is 35.5. The summed E-state index contributed by atoms with van der Waals surface area (Å²) in [5.74, 6) is -1.37. The van der Waals surface area contributed by atoms with E-state index in [1.807, 2.05) is 0 Å². The summed E-state index contributed by atoms with van der Waals surface area (Å²) in [5.41, 5.74) is 0.919. The van der Waals surface area contributed by atoms with Gasteiger partial charge in [0.1, 0.15) is 0 Å². The van der Waals surface area contributed by atoms with Gasteiger partial charge in [0.15, 0.2) is 5.25 Å². The second-order valence-electron chi connectivity index (χ2n) is 4.37. The average Bonchev–Trinajstić information content (AvgIpc) is 2.30. The Morgan fingerprint density at radius 2 is 1.84 bits per heavy atom. The minimum atomic E-state index is -3.86. The molecule has 0 amide bonds. The van der Waals surface area contributed by atoms with Crippen molar-refractivity contribution in [1.82, 2.24) is 4.72 Å². The second-order valence-corrected chi connectivity index (χ2v) is 6.84. The lowest BCUT2D eigenvalue weighted by atomic mass is 10.1. The van der Waals surface area contributed by atoms with Crippen molar-refractivity contribution in [2.45, 2.75) is 31.6 Å². The third-order valence-electron chi connectivity index (χ3n) is 2.63. The third kappa shape index (κ3) is 4.81. The molecule has 0 fully saturated rings. The number of hydrogen-bond acceptors (Lipinski definition) is 3. The lowest BCUT2D eigenvalue weighted by molar-refractivity contribution is -0.136. The first-order valence-corrected chi connectivity index (χ1v) is 7.63. The van der Waals surface area contributed by atoms with Gasteiger partial charge in [0.2, 0.25) is 10.0 Å². The SMILES string of the molecule is CC(Cc1ccc(Cl)cc1)NS(=O)(=O)C(C)C(=O)O. The molecule has 1 aromatic rings. The largest absolute Gasteiger partial charge is 0.480 e. The Labute approximate surface area is 117 Å². The van der Waals surface area contributed by atoms with E-state index in [0.29, 0.717) is 11.4 Å². The van der Waals surface area contributed by atoms with Crippen LogP contribution in [-0.4, -0.2) is 30.8 Å². The summed E-state index contributed by atoms with van der Waals surface area (Å²) in [4.78, 5) is 10.7. The van der Waals surface area contributed by atoms with Gasteiger partial charge in [0.25, 0.3) is 0 Å². The Morgan fingerprint density at radius 3 is 2.32 bits per heavy atom. The second kappa shape index (κ2) is 6.36. The molecule has 0 saturated heterocycles. The number of carboxylic acid groups (broad SMARTS) is 1. The van der Waals surface area contributed by atoms with E-state index in [-0.39, 0.29) is 0 Å². The lowest BCUT2D eigenvalue weighted by Gasteiger charge is -2.16. The Hall–Kier alpha value is -1.11. The van der Waals surface area contributed by atoms with Crippen molar-refractivity contribution in [3.63, 3.8) is 0 Å². The van der Waals surface area contributed by atoms with Crippen LogP contribution in [0.1, 0.15) is 19.4 Å². The molecule has 1 rings (SSSR count). The molecule has 0 heterocycles. The van der Waals surface area contributed by atoms with Gasteiger partial charge in [-0.3, -0.25) is 4.79 Å². The van der Waals surface area contributed by atoms with E-state index in [1.165, 1.54) is 0 Å². The van der Waals surface area contributed by atoms with Gasteiger partial charge in [-0.1, -0.05) is 23.7 Å². The predicted molar refractivity (Wildman–Crippen MR) is 73.8 cm³/mol. The van der Waals surface area contributed by atoms with Crippen molar-refractivity contribution >= 4 is 27.6 Å². The van der Waals surface area contributed by atoms with Crippen LogP contribution in [-0.2, 0) is 21.2 Å². The fourth-order valence-electron chi connectivity index (χ4n) is 1.53. The number of carbonyl (C=O) groups is 1. The number of rotatable bonds is 6. The molecule has 0 radical (unpaired) electrons. The van der Waals surface area contributed by atoms with Gasteiger partial charge >= 0.3 is 5.97 Å². The quantitative estimate of drug-likeness (QED) is 0.837.